The fourth-order valence-electron chi connectivity index (χ4n) is 3.05. The molecule has 0 saturated heterocycles. The number of aryl methyl sites for hydroxylation is 1. The molecular weight excluding hydrogens is 288 g/mol. The number of hydrogen-bond acceptors (Lipinski definition) is 4. The van der Waals surface area contributed by atoms with Crippen LogP contribution in [0.3, 0.4) is 0 Å². The van der Waals surface area contributed by atoms with E-state index >= 15 is 0 Å². The highest BCUT2D eigenvalue weighted by Crippen LogP contribution is 2.40. The van der Waals surface area contributed by atoms with Crippen LogP contribution in [0.15, 0.2) is 46.9 Å². The standard InChI is InChI=1S/C18H16N4O/c1-22-15-9-8-12(10-14(15)20-17(22)11-6-7-11)19-18-21-13-4-2-3-5-16(13)23-18/h2-5,8-11H,6-7H2,1H3,(H,19,21). The normalized spacial score (nSPS) is 14.7. The van der Waals surface area contributed by atoms with Gasteiger partial charge in [-0.05, 0) is 43.2 Å². The Morgan fingerprint density at radius 2 is 1.96 bits per heavy atom. The van der Waals surface area contributed by atoms with Gasteiger partial charge in [0, 0.05) is 18.7 Å². The largest absolute Gasteiger partial charge is 0.423 e. The SMILES string of the molecule is Cn1c(C2CC2)nc2cc(Nc3nc4ccccc4o3)ccc21. The lowest BCUT2D eigenvalue weighted by molar-refractivity contribution is 0.623. The summed E-state index contributed by atoms with van der Waals surface area (Å²) in [6.45, 7) is 0. The first-order chi connectivity index (χ1) is 11.3. The number of para-hydroxylation sites is 2. The van der Waals surface area contributed by atoms with Crippen LogP contribution in [0.2, 0.25) is 0 Å². The summed E-state index contributed by atoms with van der Waals surface area (Å²) in [5.74, 6) is 1.83. The van der Waals surface area contributed by atoms with Gasteiger partial charge in [-0.3, -0.25) is 0 Å². The van der Waals surface area contributed by atoms with Crippen LogP contribution in [0, 0.1) is 0 Å². The monoisotopic (exact) mass is 304 g/mol. The molecule has 2 heterocycles. The van der Waals surface area contributed by atoms with E-state index in [2.05, 4.69) is 34.0 Å². The van der Waals surface area contributed by atoms with Crippen molar-refractivity contribution in [1.29, 1.82) is 0 Å². The maximum Gasteiger partial charge on any atom is 0.300 e. The number of anilines is 2. The van der Waals surface area contributed by atoms with Gasteiger partial charge in [0.2, 0.25) is 0 Å². The Morgan fingerprint density at radius 3 is 2.78 bits per heavy atom. The Morgan fingerprint density at radius 1 is 1.09 bits per heavy atom. The van der Waals surface area contributed by atoms with Gasteiger partial charge in [-0.2, -0.15) is 4.98 Å². The highest BCUT2D eigenvalue weighted by Gasteiger charge is 2.28. The molecule has 114 valence electrons. The van der Waals surface area contributed by atoms with Crippen molar-refractivity contribution in [3.05, 3.63) is 48.3 Å². The average molecular weight is 304 g/mol. The zero-order valence-electron chi connectivity index (χ0n) is 12.8. The lowest BCUT2D eigenvalue weighted by Gasteiger charge is -2.02. The molecule has 0 atom stereocenters. The number of nitrogens with one attached hydrogen (secondary N) is 1. The fraction of sp³-hybridized carbons (Fsp3) is 0.222. The Balaban J connectivity index is 1.52. The number of rotatable bonds is 3. The first-order valence-corrected chi connectivity index (χ1v) is 7.87. The van der Waals surface area contributed by atoms with E-state index in [1.54, 1.807) is 0 Å². The molecule has 0 bridgehead atoms. The van der Waals surface area contributed by atoms with Gasteiger partial charge in [-0.15, -0.1) is 0 Å². The summed E-state index contributed by atoms with van der Waals surface area (Å²) >= 11 is 0. The van der Waals surface area contributed by atoms with Crippen LogP contribution < -0.4 is 5.32 Å². The third kappa shape index (κ3) is 2.08. The van der Waals surface area contributed by atoms with Crippen molar-refractivity contribution in [3.63, 3.8) is 0 Å². The summed E-state index contributed by atoms with van der Waals surface area (Å²) < 4.78 is 7.92. The van der Waals surface area contributed by atoms with Crippen molar-refractivity contribution in [1.82, 2.24) is 14.5 Å². The molecule has 4 aromatic rings. The lowest BCUT2D eigenvalue weighted by Crippen LogP contribution is -1.94. The van der Waals surface area contributed by atoms with E-state index in [0.717, 1.165) is 27.8 Å². The number of aromatic nitrogens is 3. The van der Waals surface area contributed by atoms with E-state index in [1.165, 1.54) is 18.7 Å². The highest BCUT2D eigenvalue weighted by molar-refractivity contribution is 5.82. The van der Waals surface area contributed by atoms with Crippen molar-refractivity contribution in [3.8, 4) is 0 Å². The number of oxazole rings is 1. The molecule has 1 aliphatic carbocycles. The highest BCUT2D eigenvalue weighted by atomic mass is 16.4. The van der Waals surface area contributed by atoms with Gasteiger partial charge in [0.05, 0.1) is 11.0 Å². The molecule has 2 aromatic heterocycles. The second-order valence-electron chi connectivity index (χ2n) is 6.12. The van der Waals surface area contributed by atoms with Crippen LogP contribution >= 0.6 is 0 Å². The molecule has 0 unspecified atom stereocenters. The molecule has 0 amide bonds. The number of hydrogen-bond donors (Lipinski definition) is 1. The summed E-state index contributed by atoms with van der Waals surface area (Å²) in [6, 6.07) is 14.4. The second kappa shape index (κ2) is 4.59. The van der Waals surface area contributed by atoms with E-state index in [9.17, 15) is 0 Å². The molecule has 0 radical (unpaired) electrons. The minimum absolute atomic E-state index is 0.504. The summed E-state index contributed by atoms with van der Waals surface area (Å²) in [5, 5.41) is 3.23. The molecule has 1 aliphatic rings. The van der Waals surface area contributed by atoms with Gasteiger partial charge in [0.15, 0.2) is 5.58 Å². The van der Waals surface area contributed by atoms with Gasteiger partial charge in [-0.1, -0.05) is 12.1 Å². The first-order valence-electron chi connectivity index (χ1n) is 7.87. The Labute approximate surface area is 133 Å². The predicted molar refractivity (Wildman–Crippen MR) is 90.0 cm³/mol. The predicted octanol–water partition coefficient (Wildman–Crippen LogP) is 4.34. The van der Waals surface area contributed by atoms with Crippen LogP contribution in [0.1, 0.15) is 24.6 Å². The minimum atomic E-state index is 0.504. The summed E-state index contributed by atoms with van der Waals surface area (Å²) in [4.78, 5) is 9.24. The van der Waals surface area contributed by atoms with Gasteiger partial charge >= 0.3 is 0 Å². The maximum atomic E-state index is 5.71. The number of nitrogens with zero attached hydrogens (tertiary/aromatic N) is 3. The molecule has 5 nitrogen and oxygen atoms in total. The Kier molecular flexibility index (Phi) is 2.53. The van der Waals surface area contributed by atoms with Crippen LogP contribution in [0.25, 0.3) is 22.1 Å². The summed E-state index contributed by atoms with van der Waals surface area (Å²) in [5.41, 5.74) is 4.74. The van der Waals surface area contributed by atoms with Crippen LogP contribution in [-0.4, -0.2) is 14.5 Å². The molecule has 1 fully saturated rings. The number of imidazole rings is 1. The number of fused-ring (bicyclic) bond motifs is 2. The average Bonchev–Trinajstić information content (AvgIpc) is 3.24. The molecular formula is C18H16N4O. The molecule has 0 spiro atoms. The minimum Gasteiger partial charge on any atom is -0.423 e. The maximum absolute atomic E-state index is 5.71. The molecule has 2 aromatic carbocycles. The zero-order valence-corrected chi connectivity index (χ0v) is 12.8. The van der Waals surface area contributed by atoms with E-state index < -0.39 is 0 Å². The molecule has 1 saturated carbocycles. The van der Waals surface area contributed by atoms with Gasteiger partial charge in [-0.25, -0.2) is 4.98 Å². The van der Waals surface area contributed by atoms with Crippen molar-refractivity contribution in [2.75, 3.05) is 5.32 Å². The van der Waals surface area contributed by atoms with Crippen LogP contribution in [-0.2, 0) is 7.05 Å². The van der Waals surface area contributed by atoms with E-state index in [1.807, 2.05) is 30.3 Å². The van der Waals surface area contributed by atoms with Gasteiger partial charge in [0.1, 0.15) is 11.3 Å². The Hall–Kier alpha value is -2.82. The van der Waals surface area contributed by atoms with Crippen molar-refractivity contribution in [2.24, 2.45) is 7.05 Å². The summed E-state index contributed by atoms with van der Waals surface area (Å²) in [7, 11) is 2.09. The lowest BCUT2D eigenvalue weighted by atomic mass is 10.3. The van der Waals surface area contributed by atoms with Crippen LogP contribution in [0.5, 0.6) is 0 Å². The van der Waals surface area contributed by atoms with Gasteiger partial charge in [0.25, 0.3) is 6.01 Å². The van der Waals surface area contributed by atoms with Crippen molar-refractivity contribution >= 4 is 33.8 Å². The van der Waals surface area contributed by atoms with Crippen molar-refractivity contribution < 1.29 is 4.42 Å². The van der Waals surface area contributed by atoms with E-state index in [0.29, 0.717) is 11.9 Å². The van der Waals surface area contributed by atoms with Crippen LogP contribution in [0.4, 0.5) is 11.7 Å². The molecule has 5 rings (SSSR count). The Bertz CT molecular complexity index is 993. The molecule has 23 heavy (non-hydrogen) atoms. The molecule has 1 N–H and O–H groups in total. The third-order valence-electron chi connectivity index (χ3n) is 4.40. The fourth-order valence-corrected chi connectivity index (χ4v) is 3.05. The first kappa shape index (κ1) is 12.7. The number of benzene rings is 2. The van der Waals surface area contributed by atoms with Crippen molar-refractivity contribution in [2.45, 2.75) is 18.8 Å². The smallest absolute Gasteiger partial charge is 0.300 e. The zero-order chi connectivity index (χ0) is 15.4. The third-order valence-corrected chi connectivity index (χ3v) is 4.40. The quantitative estimate of drug-likeness (QED) is 0.612. The second-order valence-corrected chi connectivity index (χ2v) is 6.12. The van der Waals surface area contributed by atoms with Gasteiger partial charge < -0.3 is 14.3 Å². The van der Waals surface area contributed by atoms with E-state index in [-0.39, 0.29) is 0 Å². The molecule has 0 aliphatic heterocycles. The molecule has 5 heteroatoms. The summed E-state index contributed by atoms with van der Waals surface area (Å²) in [6.07, 6.45) is 2.51. The van der Waals surface area contributed by atoms with E-state index in [4.69, 9.17) is 9.40 Å². The topological polar surface area (TPSA) is 55.9 Å².